The summed E-state index contributed by atoms with van der Waals surface area (Å²) in [4.78, 5) is 23.1. The molecule has 1 amide bonds. The van der Waals surface area contributed by atoms with Gasteiger partial charge in [0.15, 0.2) is 5.78 Å². The first-order valence-electron chi connectivity index (χ1n) is 7.17. The summed E-state index contributed by atoms with van der Waals surface area (Å²) in [7, 11) is 0. The molecule has 2 aromatic rings. The SMILES string of the molecule is NC(=O)Cc1ccc(O)c(C(=O)/C=C/c2ccccc2C(F)(F)F)c1. The lowest BCUT2D eigenvalue weighted by Gasteiger charge is -2.09. The average molecular weight is 349 g/mol. The Bertz CT molecular complexity index is 842. The second-order valence-corrected chi connectivity index (χ2v) is 5.28. The molecule has 0 aliphatic carbocycles. The molecule has 0 fully saturated rings. The van der Waals surface area contributed by atoms with Gasteiger partial charge in [-0.05, 0) is 35.4 Å². The number of carbonyl (C=O) groups is 2. The number of phenolic OH excluding ortho intramolecular Hbond substituents is 1. The lowest BCUT2D eigenvalue weighted by atomic mass is 10.0. The summed E-state index contributed by atoms with van der Waals surface area (Å²) in [5.41, 5.74) is 4.32. The molecule has 0 unspecified atom stereocenters. The number of phenols is 1. The molecule has 0 spiro atoms. The summed E-state index contributed by atoms with van der Waals surface area (Å²) >= 11 is 0. The first-order chi connectivity index (χ1) is 11.7. The first kappa shape index (κ1) is 18.3. The van der Waals surface area contributed by atoms with E-state index in [0.29, 0.717) is 5.56 Å². The zero-order valence-corrected chi connectivity index (χ0v) is 12.9. The smallest absolute Gasteiger partial charge is 0.416 e. The number of carbonyl (C=O) groups excluding carboxylic acids is 2. The number of ketones is 1. The van der Waals surface area contributed by atoms with Crippen molar-refractivity contribution in [3.63, 3.8) is 0 Å². The van der Waals surface area contributed by atoms with Crippen molar-refractivity contribution in [1.29, 1.82) is 0 Å². The second kappa shape index (κ2) is 7.21. The van der Waals surface area contributed by atoms with E-state index in [-0.39, 0.29) is 23.3 Å². The molecule has 0 atom stereocenters. The van der Waals surface area contributed by atoms with Gasteiger partial charge in [-0.2, -0.15) is 13.2 Å². The van der Waals surface area contributed by atoms with E-state index in [0.717, 1.165) is 18.2 Å². The minimum atomic E-state index is -4.55. The average Bonchev–Trinajstić information content (AvgIpc) is 2.53. The molecule has 0 heterocycles. The number of halogens is 3. The molecule has 0 aromatic heterocycles. The van der Waals surface area contributed by atoms with Crippen LogP contribution in [0.1, 0.15) is 27.0 Å². The van der Waals surface area contributed by atoms with Crippen LogP contribution < -0.4 is 5.73 Å². The summed E-state index contributed by atoms with van der Waals surface area (Å²) in [6, 6.07) is 8.75. The lowest BCUT2D eigenvalue weighted by molar-refractivity contribution is -0.137. The summed E-state index contributed by atoms with van der Waals surface area (Å²) < 4.78 is 38.8. The fourth-order valence-electron chi connectivity index (χ4n) is 2.25. The molecular formula is C18H14F3NO3. The highest BCUT2D eigenvalue weighted by Crippen LogP contribution is 2.32. The number of allylic oxidation sites excluding steroid dienone is 1. The van der Waals surface area contributed by atoms with Crippen molar-refractivity contribution in [2.24, 2.45) is 5.73 Å². The van der Waals surface area contributed by atoms with E-state index in [1.807, 2.05) is 0 Å². The number of aromatic hydroxyl groups is 1. The highest BCUT2D eigenvalue weighted by atomic mass is 19.4. The minimum absolute atomic E-state index is 0.124. The van der Waals surface area contributed by atoms with E-state index in [1.54, 1.807) is 0 Å². The standard InChI is InChI=1S/C18H14F3NO3/c19-18(20,21)14-4-2-1-3-12(14)6-8-16(24)13-9-11(10-17(22)25)5-7-15(13)23/h1-9,23H,10H2,(H2,22,25)/b8-6+. The van der Waals surface area contributed by atoms with Gasteiger partial charge in [0, 0.05) is 0 Å². The molecule has 0 saturated carbocycles. The summed E-state index contributed by atoms with van der Waals surface area (Å²) in [5.74, 6) is -1.65. The predicted octanol–water partition coefficient (Wildman–Crippen LogP) is 3.33. The van der Waals surface area contributed by atoms with Crippen LogP contribution in [0.5, 0.6) is 5.75 Å². The van der Waals surface area contributed by atoms with Gasteiger partial charge >= 0.3 is 6.18 Å². The Hall–Kier alpha value is -3.09. The highest BCUT2D eigenvalue weighted by Gasteiger charge is 2.32. The fraction of sp³-hybridized carbons (Fsp3) is 0.111. The van der Waals surface area contributed by atoms with Gasteiger partial charge in [-0.15, -0.1) is 0 Å². The Labute approximate surface area is 141 Å². The number of alkyl halides is 3. The van der Waals surface area contributed by atoms with Crippen molar-refractivity contribution in [1.82, 2.24) is 0 Å². The van der Waals surface area contributed by atoms with Crippen LogP contribution in [0.15, 0.2) is 48.5 Å². The van der Waals surface area contributed by atoms with Crippen LogP contribution >= 0.6 is 0 Å². The van der Waals surface area contributed by atoms with E-state index < -0.39 is 23.4 Å². The van der Waals surface area contributed by atoms with Gasteiger partial charge in [0.2, 0.25) is 5.91 Å². The maximum atomic E-state index is 12.9. The third-order valence-corrected chi connectivity index (χ3v) is 3.39. The normalized spacial score (nSPS) is 11.6. The van der Waals surface area contributed by atoms with Crippen LogP contribution in [-0.2, 0) is 17.4 Å². The molecule has 2 aromatic carbocycles. The van der Waals surface area contributed by atoms with Gasteiger partial charge in [0.05, 0.1) is 17.5 Å². The van der Waals surface area contributed by atoms with Crippen LogP contribution in [-0.4, -0.2) is 16.8 Å². The second-order valence-electron chi connectivity index (χ2n) is 5.28. The Balaban J connectivity index is 2.32. The molecule has 7 heteroatoms. The van der Waals surface area contributed by atoms with Crippen molar-refractivity contribution in [2.45, 2.75) is 12.6 Å². The van der Waals surface area contributed by atoms with Crippen LogP contribution in [0.4, 0.5) is 13.2 Å². The van der Waals surface area contributed by atoms with Crippen molar-refractivity contribution in [3.05, 3.63) is 70.8 Å². The first-order valence-corrected chi connectivity index (χ1v) is 7.17. The van der Waals surface area contributed by atoms with E-state index >= 15 is 0 Å². The number of hydrogen-bond donors (Lipinski definition) is 2. The minimum Gasteiger partial charge on any atom is -0.507 e. The molecule has 25 heavy (non-hydrogen) atoms. The van der Waals surface area contributed by atoms with Gasteiger partial charge in [0.1, 0.15) is 5.75 Å². The number of rotatable bonds is 5. The summed E-state index contributed by atoms with van der Waals surface area (Å²) in [5, 5.41) is 9.77. The topological polar surface area (TPSA) is 80.4 Å². The fourth-order valence-corrected chi connectivity index (χ4v) is 2.25. The maximum Gasteiger partial charge on any atom is 0.416 e. The molecule has 0 saturated heterocycles. The quantitative estimate of drug-likeness (QED) is 0.642. The Morgan fingerprint density at radius 1 is 1.12 bits per heavy atom. The van der Waals surface area contributed by atoms with Crippen molar-refractivity contribution < 1.29 is 27.9 Å². The van der Waals surface area contributed by atoms with Crippen LogP contribution in [0, 0.1) is 0 Å². The molecule has 0 aliphatic rings. The van der Waals surface area contributed by atoms with Gasteiger partial charge in [-0.3, -0.25) is 9.59 Å². The highest BCUT2D eigenvalue weighted by molar-refractivity contribution is 6.08. The van der Waals surface area contributed by atoms with E-state index in [2.05, 4.69) is 0 Å². The molecule has 130 valence electrons. The zero-order valence-electron chi connectivity index (χ0n) is 12.9. The predicted molar refractivity (Wildman–Crippen MR) is 85.8 cm³/mol. The molecule has 0 aliphatic heterocycles. The monoisotopic (exact) mass is 349 g/mol. The third-order valence-electron chi connectivity index (χ3n) is 3.39. The molecule has 0 radical (unpaired) electrons. The van der Waals surface area contributed by atoms with Crippen LogP contribution in [0.25, 0.3) is 6.08 Å². The van der Waals surface area contributed by atoms with E-state index in [1.165, 1.54) is 36.4 Å². The van der Waals surface area contributed by atoms with Crippen LogP contribution in [0.3, 0.4) is 0 Å². The van der Waals surface area contributed by atoms with Crippen molar-refractivity contribution in [3.8, 4) is 5.75 Å². The van der Waals surface area contributed by atoms with Crippen molar-refractivity contribution >= 4 is 17.8 Å². The van der Waals surface area contributed by atoms with E-state index in [9.17, 15) is 27.9 Å². The van der Waals surface area contributed by atoms with E-state index in [4.69, 9.17) is 5.73 Å². The van der Waals surface area contributed by atoms with Gasteiger partial charge in [0.25, 0.3) is 0 Å². The molecule has 2 rings (SSSR count). The molecule has 4 nitrogen and oxygen atoms in total. The third kappa shape index (κ3) is 4.69. The number of amides is 1. The van der Waals surface area contributed by atoms with Gasteiger partial charge < -0.3 is 10.8 Å². The summed E-state index contributed by atoms with van der Waals surface area (Å²) in [6.45, 7) is 0. The lowest BCUT2D eigenvalue weighted by Crippen LogP contribution is -2.14. The van der Waals surface area contributed by atoms with Crippen LogP contribution in [0.2, 0.25) is 0 Å². The number of hydrogen-bond acceptors (Lipinski definition) is 3. The van der Waals surface area contributed by atoms with Crippen molar-refractivity contribution in [2.75, 3.05) is 0 Å². The van der Waals surface area contributed by atoms with Gasteiger partial charge in [-0.25, -0.2) is 0 Å². The maximum absolute atomic E-state index is 12.9. The summed E-state index contributed by atoms with van der Waals surface area (Å²) in [6.07, 6.45) is -2.70. The number of primary amides is 1. The largest absolute Gasteiger partial charge is 0.507 e. The molecular weight excluding hydrogens is 335 g/mol. The molecule has 0 bridgehead atoms. The molecule has 3 N–H and O–H groups in total. The zero-order chi connectivity index (χ0) is 18.6. The Kier molecular flexibility index (Phi) is 5.26. The Morgan fingerprint density at radius 3 is 2.44 bits per heavy atom. The number of benzene rings is 2. The van der Waals surface area contributed by atoms with Gasteiger partial charge in [-0.1, -0.05) is 30.3 Å². The number of nitrogens with two attached hydrogens (primary N) is 1. The Morgan fingerprint density at radius 2 is 1.80 bits per heavy atom.